The molecule has 0 aliphatic heterocycles. The van der Waals surface area contributed by atoms with Crippen molar-refractivity contribution in [2.24, 2.45) is 5.92 Å². The van der Waals surface area contributed by atoms with Crippen molar-refractivity contribution in [2.75, 3.05) is 31.7 Å². The number of hydrogen-bond donors (Lipinski definition) is 1. The molecule has 5 heteroatoms. The van der Waals surface area contributed by atoms with E-state index in [1.165, 1.54) is 0 Å². The fourth-order valence-corrected chi connectivity index (χ4v) is 1.68. The van der Waals surface area contributed by atoms with Gasteiger partial charge in [-0.2, -0.15) is 4.98 Å². The predicted molar refractivity (Wildman–Crippen MR) is 81.3 cm³/mol. The van der Waals surface area contributed by atoms with Gasteiger partial charge in [-0.3, -0.25) is 0 Å². The second-order valence-electron chi connectivity index (χ2n) is 5.11. The molecule has 0 aliphatic rings. The first kappa shape index (κ1) is 16.7. The summed E-state index contributed by atoms with van der Waals surface area (Å²) < 4.78 is 11.1. The minimum atomic E-state index is 0.515. The lowest BCUT2D eigenvalue weighted by Gasteiger charge is -2.11. The Balaban J connectivity index is 2.50. The monoisotopic (exact) mass is 281 g/mol. The highest BCUT2D eigenvalue weighted by Crippen LogP contribution is 2.14. The van der Waals surface area contributed by atoms with Gasteiger partial charge in [0.05, 0.1) is 6.61 Å². The molecule has 0 unspecified atom stereocenters. The van der Waals surface area contributed by atoms with E-state index in [4.69, 9.17) is 9.47 Å². The molecule has 1 heterocycles. The van der Waals surface area contributed by atoms with E-state index in [9.17, 15) is 0 Å². The van der Waals surface area contributed by atoms with Crippen molar-refractivity contribution in [3.8, 4) is 5.88 Å². The Kier molecular flexibility index (Phi) is 7.95. The number of nitrogens with zero attached hydrogens (tertiary/aromatic N) is 2. The molecular weight excluding hydrogens is 254 g/mol. The number of ether oxygens (including phenoxy) is 2. The molecule has 1 aromatic rings. The summed E-state index contributed by atoms with van der Waals surface area (Å²) in [6.45, 7) is 11.1. The van der Waals surface area contributed by atoms with Gasteiger partial charge in [0, 0.05) is 25.6 Å². The van der Waals surface area contributed by atoms with Gasteiger partial charge in [-0.25, -0.2) is 4.98 Å². The van der Waals surface area contributed by atoms with Crippen molar-refractivity contribution in [2.45, 2.75) is 40.5 Å². The fourth-order valence-electron chi connectivity index (χ4n) is 1.68. The highest BCUT2D eigenvalue weighted by molar-refractivity contribution is 5.38. The summed E-state index contributed by atoms with van der Waals surface area (Å²) in [6, 6.07) is 1.84. The molecule has 0 aromatic carbocycles. The van der Waals surface area contributed by atoms with Gasteiger partial charge < -0.3 is 14.8 Å². The Labute approximate surface area is 122 Å². The van der Waals surface area contributed by atoms with Crippen LogP contribution in [-0.4, -0.2) is 36.3 Å². The lowest BCUT2D eigenvalue weighted by Crippen LogP contribution is -2.12. The van der Waals surface area contributed by atoms with Gasteiger partial charge >= 0.3 is 0 Å². The lowest BCUT2D eigenvalue weighted by molar-refractivity contribution is 0.0805. The van der Waals surface area contributed by atoms with E-state index in [2.05, 4.69) is 36.1 Å². The fraction of sp³-hybridized carbons (Fsp3) is 0.733. The van der Waals surface area contributed by atoms with E-state index in [-0.39, 0.29) is 0 Å². The molecule has 114 valence electrons. The lowest BCUT2D eigenvalue weighted by atomic mass is 10.2. The summed E-state index contributed by atoms with van der Waals surface area (Å²) in [7, 11) is 0. The molecule has 0 fully saturated rings. The van der Waals surface area contributed by atoms with Crippen LogP contribution in [0.1, 0.15) is 39.9 Å². The Morgan fingerprint density at radius 1 is 1.20 bits per heavy atom. The maximum absolute atomic E-state index is 5.65. The highest BCUT2D eigenvalue weighted by Gasteiger charge is 2.05. The third kappa shape index (κ3) is 6.70. The van der Waals surface area contributed by atoms with Crippen LogP contribution in [0.3, 0.4) is 0 Å². The Morgan fingerprint density at radius 2 is 2.00 bits per heavy atom. The summed E-state index contributed by atoms with van der Waals surface area (Å²) >= 11 is 0. The Hall–Kier alpha value is -1.36. The largest absolute Gasteiger partial charge is 0.475 e. The minimum absolute atomic E-state index is 0.515. The standard InChI is InChI=1S/C15H27N3O2/c1-5-7-13-17-14(16-6-2)10-15(18-13)20-9-8-19-11-12(3)4/h10,12H,5-9,11H2,1-4H3,(H,16,17,18). The van der Waals surface area contributed by atoms with E-state index in [0.29, 0.717) is 25.0 Å². The number of hydrogen-bond acceptors (Lipinski definition) is 5. The number of rotatable bonds is 10. The molecule has 1 aromatic heterocycles. The second kappa shape index (κ2) is 9.53. The molecular formula is C15H27N3O2. The van der Waals surface area contributed by atoms with Crippen molar-refractivity contribution in [3.63, 3.8) is 0 Å². The van der Waals surface area contributed by atoms with E-state index in [0.717, 1.165) is 37.6 Å². The van der Waals surface area contributed by atoms with Gasteiger partial charge in [-0.15, -0.1) is 0 Å². The molecule has 0 amide bonds. The zero-order chi connectivity index (χ0) is 14.8. The van der Waals surface area contributed by atoms with Gasteiger partial charge in [-0.05, 0) is 19.3 Å². The van der Waals surface area contributed by atoms with Gasteiger partial charge in [0.1, 0.15) is 18.2 Å². The molecule has 1 rings (SSSR count). The average Bonchev–Trinajstić information content (AvgIpc) is 2.38. The zero-order valence-electron chi connectivity index (χ0n) is 13.1. The molecule has 1 N–H and O–H groups in total. The first-order valence-corrected chi connectivity index (χ1v) is 7.48. The number of nitrogens with one attached hydrogen (secondary N) is 1. The molecule has 5 nitrogen and oxygen atoms in total. The minimum Gasteiger partial charge on any atom is -0.475 e. The molecule has 0 atom stereocenters. The van der Waals surface area contributed by atoms with Crippen LogP contribution in [0.4, 0.5) is 5.82 Å². The quantitative estimate of drug-likeness (QED) is 0.668. The van der Waals surface area contributed by atoms with Crippen LogP contribution in [0.25, 0.3) is 0 Å². The van der Waals surface area contributed by atoms with Crippen molar-refractivity contribution >= 4 is 5.82 Å². The molecule has 0 radical (unpaired) electrons. The van der Waals surface area contributed by atoms with Crippen molar-refractivity contribution in [1.82, 2.24) is 9.97 Å². The van der Waals surface area contributed by atoms with Gasteiger partial charge in [-0.1, -0.05) is 20.8 Å². The molecule has 0 saturated heterocycles. The van der Waals surface area contributed by atoms with Crippen LogP contribution in [0.15, 0.2) is 6.07 Å². The molecule has 0 spiro atoms. The summed E-state index contributed by atoms with van der Waals surface area (Å²) in [5.74, 6) is 2.81. The Morgan fingerprint density at radius 3 is 2.65 bits per heavy atom. The highest BCUT2D eigenvalue weighted by atomic mass is 16.5. The van der Waals surface area contributed by atoms with E-state index >= 15 is 0 Å². The van der Waals surface area contributed by atoms with E-state index in [1.807, 2.05) is 13.0 Å². The van der Waals surface area contributed by atoms with Crippen molar-refractivity contribution < 1.29 is 9.47 Å². The third-order valence-electron chi connectivity index (χ3n) is 2.51. The predicted octanol–water partition coefficient (Wildman–Crippen LogP) is 2.91. The van der Waals surface area contributed by atoms with E-state index in [1.54, 1.807) is 0 Å². The second-order valence-corrected chi connectivity index (χ2v) is 5.11. The summed E-state index contributed by atoms with van der Waals surface area (Å²) in [5, 5.41) is 3.20. The van der Waals surface area contributed by atoms with Crippen LogP contribution in [-0.2, 0) is 11.2 Å². The third-order valence-corrected chi connectivity index (χ3v) is 2.51. The van der Waals surface area contributed by atoms with Crippen LogP contribution >= 0.6 is 0 Å². The summed E-state index contributed by atoms with van der Waals surface area (Å²) in [5.41, 5.74) is 0. The summed E-state index contributed by atoms with van der Waals surface area (Å²) in [6.07, 6.45) is 1.88. The normalized spacial score (nSPS) is 10.8. The number of aromatic nitrogens is 2. The maximum atomic E-state index is 5.65. The van der Waals surface area contributed by atoms with Gasteiger partial charge in [0.25, 0.3) is 0 Å². The van der Waals surface area contributed by atoms with Gasteiger partial charge in [0.15, 0.2) is 0 Å². The molecule has 0 saturated carbocycles. The summed E-state index contributed by atoms with van der Waals surface area (Å²) in [4.78, 5) is 8.86. The van der Waals surface area contributed by atoms with Crippen LogP contribution in [0.5, 0.6) is 5.88 Å². The SMILES string of the molecule is CCCc1nc(NCC)cc(OCCOCC(C)C)n1. The van der Waals surface area contributed by atoms with Crippen LogP contribution in [0, 0.1) is 5.92 Å². The van der Waals surface area contributed by atoms with Crippen molar-refractivity contribution in [1.29, 1.82) is 0 Å². The number of anilines is 1. The van der Waals surface area contributed by atoms with Crippen LogP contribution in [0.2, 0.25) is 0 Å². The molecule has 0 aliphatic carbocycles. The maximum Gasteiger partial charge on any atom is 0.218 e. The van der Waals surface area contributed by atoms with E-state index < -0.39 is 0 Å². The first-order valence-electron chi connectivity index (χ1n) is 7.48. The Bertz CT molecular complexity index is 359. The molecule has 20 heavy (non-hydrogen) atoms. The zero-order valence-corrected chi connectivity index (χ0v) is 13.1. The van der Waals surface area contributed by atoms with Crippen molar-refractivity contribution in [3.05, 3.63) is 11.9 Å². The van der Waals surface area contributed by atoms with Crippen LogP contribution < -0.4 is 10.1 Å². The first-order chi connectivity index (χ1) is 9.65. The smallest absolute Gasteiger partial charge is 0.218 e. The topological polar surface area (TPSA) is 56.3 Å². The molecule has 0 bridgehead atoms. The van der Waals surface area contributed by atoms with Gasteiger partial charge in [0.2, 0.25) is 5.88 Å². The number of aryl methyl sites for hydroxylation is 1. The average molecular weight is 281 g/mol.